The highest BCUT2D eigenvalue weighted by Crippen LogP contribution is 2.27. The van der Waals surface area contributed by atoms with E-state index in [1.165, 1.54) is 25.3 Å². The third-order valence-electron chi connectivity index (χ3n) is 4.19. The van der Waals surface area contributed by atoms with Gasteiger partial charge in [-0.1, -0.05) is 19.8 Å². The Morgan fingerprint density at radius 2 is 2.17 bits per heavy atom. The first-order valence-corrected chi connectivity index (χ1v) is 7.86. The average molecular weight is 322 g/mol. The summed E-state index contributed by atoms with van der Waals surface area (Å²) in [6.07, 6.45) is 4.90. The van der Waals surface area contributed by atoms with Gasteiger partial charge in [0, 0.05) is 18.2 Å². The fourth-order valence-electron chi connectivity index (χ4n) is 2.82. The Kier molecular flexibility index (Phi) is 5.92. The number of hydrogen-bond acceptors (Lipinski definition) is 5. The number of benzene rings is 1. The molecule has 2 N–H and O–H groups in total. The van der Waals surface area contributed by atoms with Gasteiger partial charge in [-0.15, -0.1) is 0 Å². The number of phenolic OH excluding ortho intramolecular Hbond substituents is 1. The van der Waals surface area contributed by atoms with E-state index < -0.39 is 22.3 Å². The van der Waals surface area contributed by atoms with Gasteiger partial charge in [0.2, 0.25) is 0 Å². The number of nitrogens with zero attached hydrogens (tertiary/aromatic N) is 1. The molecule has 7 heteroatoms. The summed E-state index contributed by atoms with van der Waals surface area (Å²) >= 11 is 0. The summed E-state index contributed by atoms with van der Waals surface area (Å²) in [4.78, 5) is 22.0. The largest absolute Gasteiger partial charge is 0.502 e. The zero-order valence-electron chi connectivity index (χ0n) is 13.2. The molecule has 1 aromatic rings. The molecule has 126 valence electrons. The molecule has 1 aliphatic rings. The van der Waals surface area contributed by atoms with Crippen LogP contribution in [0.15, 0.2) is 18.2 Å². The van der Waals surface area contributed by atoms with Crippen LogP contribution in [0.3, 0.4) is 0 Å². The van der Waals surface area contributed by atoms with E-state index in [9.17, 15) is 20.0 Å². The predicted octanol–water partition coefficient (Wildman–Crippen LogP) is 2.63. The molecule has 1 saturated carbocycles. The van der Waals surface area contributed by atoms with Crippen LogP contribution in [0.1, 0.15) is 43.0 Å². The lowest BCUT2D eigenvalue weighted by atomic mass is 9.88. The number of nitro benzene ring substituents is 1. The minimum Gasteiger partial charge on any atom is -0.502 e. The van der Waals surface area contributed by atoms with Crippen LogP contribution in [0.4, 0.5) is 5.69 Å². The van der Waals surface area contributed by atoms with Gasteiger partial charge in [-0.25, -0.2) is 0 Å². The van der Waals surface area contributed by atoms with E-state index in [1.54, 1.807) is 0 Å². The van der Waals surface area contributed by atoms with Gasteiger partial charge in [-0.3, -0.25) is 14.9 Å². The Morgan fingerprint density at radius 1 is 1.43 bits per heavy atom. The van der Waals surface area contributed by atoms with Crippen molar-refractivity contribution >= 4 is 11.6 Å². The Hall–Kier alpha value is -2.15. The van der Waals surface area contributed by atoms with Gasteiger partial charge in [0.1, 0.15) is 0 Å². The first-order valence-electron chi connectivity index (χ1n) is 7.86. The molecule has 1 fully saturated rings. The maximum Gasteiger partial charge on any atom is 0.311 e. The summed E-state index contributed by atoms with van der Waals surface area (Å²) in [5, 5.41) is 22.8. The molecule has 0 bridgehead atoms. The van der Waals surface area contributed by atoms with Crippen molar-refractivity contribution in [1.29, 1.82) is 0 Å². The standard InChI is InChI=1S/C16H22N2O5/c1-11-4-2-3-5-15(11)23-9-8-17-16(20)12-6-7-14(19)13(10-12)18(21)22/h6-7,10-11,15,19H,2-5,8-9H2,1H3,(H,17,20)/t11-,15+/m0/s1. The van der Waals surface area contributed by atoms with E-state index in [4.69, 9.17) is 4.74 Å². The smallest absolute Gasteiger partial charge is 0.311 e. The summed E-state index contributed by atoms with van der Waals surface area (Å²) in [7, 11) is 0. The van der Waals surface area contributed by atoms with E-state index in [-0.39, 0.29) is 11.7 Å². The van der Waals surface area contributed by atoms with Crippen LogP contribution < -0.4 is 5.32 Å². The van der Waals surface area contributed by atoms with E-state index >= 15 is 0 Å². The molecule has 2 rings (SSSR count). The van der Waals surface area contributed by atoms with Gasteiger partial charge in [-0.2, -0.15) is 0 Å². The van der Waals surface area contributed by atoms with Crippen molar-refractivity contribution in [3.63, 3.8) is 0 Å². The Labute approximate surface area is 134 Å². The van der Waals surface area contributed by atoms with Crippen molar-refractivity contribution in [2.24, 2.45) is 5.92 Å². The molecular formula is C16H22N2O5. The van der Waals surface area contributed by atoms with Crippen LogP contribution in [0.5, 0.6) is 5.75 Å². The molecular weight excluding hydrogens is 300 g/mol. The summed E-state index contributed by atoms with van der Waals surface area (Å²) < 4.78 is 5.80. The van der Waals surface area contributed by atoms with Gasteiger partial charge in [0.15, 0.2) is 5.75 Å². The number of hydrogen-bond donors (Lipinski definition) is 2. The zero-order chi connectivity index (χ0) is 16.8. The van der Waals surface area contributed by atoms with Crippen molar-refractivity contribution in [1.82, 2.24) is 5.32 Å². The average Bonchev–Trinajstić information content (AvgIpc) is 2.53. The number of aromatic hydroxyl groups is 1. The van der Waals surface area contributed by atoms with Gasteiger partial charge in [0.25, 0.3) is 5.91 Å². The number of rotatable bonds is 6. The fraction of sp³-hybridized carbons (Fsp3) is 0.562. The second-order valence-electron chi connectivity index (χ2n) is 5.89. The van der Waals surface area contributed by atoms with E-state index in [0.717, 1.165) is 18.6 Å². The van der Waals surface area contributed by atoms with Crippen molar-refractivity contribution < 1.29 is 19.6 Å². The van der Waals surface area contributed by atoms with E-state index in [1.807, 2.05) is 0 Å². The monoisotopic (exact) mass is 322 g/mol. The molecule has 1 aliphatic carbocycles. The van der Waals surface area contributed by atoms with Gasteiger partial charge in [0.05, 0.1) is 17.6 Å². The molecule has 0 heterocycles. The minimum atomic E-state index is -0.723. The van der Waals surface area contributed by atoms with Crippen LogP contribution in [0, 0.1) is 16.0 Å². The highest BCUT2D eigenvalue weighted by Gasteiger charge is 2.21. The molecule has 1 aromatic carbocycles. The SMILES string of the molecule is C[C@H]1CCCC[C@H]1OCCNC(=O)c1ccc(O)c([N+](=O)[O-])c1. The molecule has 2 atom stereocenters. The van der Waals surface area contributed by atoms with Gasteiger partial charge >= 0.3 is 5.69 Å². The lowest BCUT2D eigenvalue weighted by molar-refractivity contribution is -0.385. The molecule has 0 unspecified atom stereocenters. The Morgan fingerprint density at radius 3 is 2.87 bits per heavy atom. The molecule has 0 aromatic heterocycles. The Balaban J connectivity index is 1.81. The zero-order valence-corrected chi connectivity index (χ0v) is 13.2. The summed E-state index contributed by atoms with van der Waals surface area (Å²) in [6.45, 7) is 2.94. The molecule has 1 amide bonds. The summed E-state index contributed by atoms with van der Waals surface area (Å²) in [5.41, 5.74) is -0.342. The topological polar surface area (TPSA) is 102 Å². The van der Waals surface area contributed by atoms with Crippen LogP contribution in [-0.2, 0) is 4.74 Å². The highest BCUT2D eigenvalue weighted by molar-refractivity contribution is 5.95. The Bertz CT molecular complexity index is 576. The lowest BCUT2D eigenvalue weighted by Gasteiger charge is -2.28. The van der Waals surface area contributed by atoms with Crippen molar-refractivity contribution in [2.75, 3.05) is 13.2 Å². The molecule has 0 saturated heterocycles. The van der Waals surface area contributed by atoms with Gasteiger partial charge in [-0.05, 0) is 30.9 Å². The third-order valence-corrected chi connectivity index (χ3v) is 4.19. The third kappa shape index (κ3) is 4.66. The number of carbonyl (C=O) groups excluding carboxylic acids is 1. The maximum atomic E-state index is 12.0. The first kappa shape index (κ1) is 17.2. The normalized spacial score (nSPS) is 20.9. The summed E-state index contributed by atoms with van der Waals surface area (Å²) in [6, 6.07) is 3.56. The predicted molar refractivity (Wildman–Crippen MR) is 84.5 cm³/mol. The van der Waals surface area contributed by atoms with Crippen LogP contribution in [0.25, 0.3) is 0 Å². The number of nitro groups is 1. The number of nitrogens with one attached hydrogen (secondary N) is 1. The van der Waals surface area contributed by atoms with Crippen molar-refractivity contribution in [3.8, 4) is 5.75 Å². The molecule has 0 aliphatic heterocycles. The highest BCUT2D eigenvalue weighted by atomic mass is 16.6. The van der Waals surface area contributed by atoms with Crippen molar-refractivity contribution in [2.45, 2.75) is 38.7 Å². The number of carbonyl (C=O) groups is 1. The van der Waals surface area contributed by atoms with E-state index in [2.05, 4.69) is 12.2 Å². The van der Waals surface area contributed by atoms with Crippen LogP contribution >= 0.6 is 0 Å². The maximum absolute atomic E-state index is 12.0. The second kappa shape index (κ2) is 7.92. The minimum absolute atomic E-state index is 0.139. The molecule has 7 nitrogen and oxygen atoms in total. The van der Waals surface area contributed by atoms with Crippen LogP contribution in [0.2, 0.25) is 0 Å². The van der Waals surface area contributed by atoms with Crippen molar-refractivity contribution in [3.05, 3.63) is 33.9 Å². The fourth-order valence-corrected chi connectivity index (χ4v) is 2.82. The summed E-state index contributed by atoms with van der Waals surface area (Å²) in [5.74, 6) is -0.339. The molecule has 0 spiro atoms. The molecule has 23 heavy (non-hydrogen) atoms. The van der Waals surface area contributed by atoms with Gasteiger partial charge < -0.3 is 15.2 Å². The number of ether oxygens (including phenoxy) is 1. The quantitative estimate of drug-likeness (QED) is 0.476. The van der Waals surface area contributed by atoms with Crippen LogP contribution in [-0.4, -0.2) is 35.2 Å². The lowest BCUT2D eigenvalue weighted by Crippen LogP contribution is -2.31. The first-order chi connectivity index (χ1) is 11.0. The van der Waals surface area contributed by atoms with E-state index in [0.29, 0.717) is 19.1 Å². The second-order valence-corrected chi connectivity index (χ2v) is 5.89. The number of phenols is 1. The number of amides is 1. The molecule has 0 radical (unpaired) electrons.